The number of ether oxygens (including phenoxy) is 1. The van der Waals surface area contributed by atoms with E-state index in [-0.39, 0.29) is 23.2 Å². The molecular formula is C35H35FN2O5S. The lowest BCUT2D eigenvalue weighted by atomic mass is 9.49. The van der Waals surface area contributed by atoms with Crippen molar-refractivity contribution in [3.63, 3.8) is 0 Å². The first kappa shape index (κ1) is 27.0. The van der Waals surface area contributed by atoms with Gasteiger partial charge in [0.2, 0.25) is 0 Å². The van der Waals surface area contributed by atoms with E-state index >= 15 is 0 Å². The van der Waals surface area contributed by atoms with Gasteiger partial charge in [0, 0.05) is 35.5 Å². The summed E-state index contributed by atoms with van der Waals surface area (Å²) in [6.07, 6.45) is 3.59. The molecule has 9 rings (SSSR count). The Morgan fingerprint density at radius 1 is 1.09 bits per heavy atom. The van der Waals surface area contributed by atoms with E-state index in [2.05, 4.69) is 11.0 Å². The second-order valence-electron chi connectivity index (χ2n) is 13.5. The molecule has 1 saturated heterocycles. The lowest BCUT2D eigenvalue weighted by molar-refractivity contribution is -0.173. The van der Waals surface area contributed by atoms with Gasteiger partial charge >= 0.3 is 10.1 Å². The van der Waals surface area contributed by atoms with Crippen molar-refractivity contribution in [3.05, 3.63) is 88.6 Å². The van der Waals surface area contributed by atoms with Crippen molar-refractivity contribution < 1.29 is 26.8 Å². The Kier molecular flexibility index (Phi) is 5.56. The normalized spacial score (nSPS) is 28.4. The molecule has 0 amide bonds. The molecule has 228 valence electrons. The zero-order valence-electron chi connectivity index (χ0n) is 24.6. The molecule has 1 aromatic heterocycles. The van der Waals surface area contributed by atoms with Gasteiger partial charge in [0.1, 0.15) is 11.6 Å². The molecule has 5 aliphatic rings. The number of para-hydroxylation sites is 1. The number of aromatic nitrogens is 1. The minimum absolute atomic E-state index is 0.0666. The molecule has 4 aromatic rings. The molecule has 7 nitrogen and oxygen atoms in total. The summed E-state index contributed by atoms with van der Waals surface area (Å²) in [5.74, 6) is 1.19. The molecule has 2 aliphatic heterocycles. The van der Waals surface area contributed by atoms with Crippen LogP contribution in [0.5, 0.6) is 11.5 Å². The van der Waals surface area contributed by atoms with Gasteiger partial charge in [-0.1, -0.05) is 42.0 Å². The van der Waals surface area contributed by atoms with Crippen LogP contribution >= 0.6 is 0 Å². The molecule has 1 saturated carbocycles. The Balaban J connectivity index is 1.26. The zero-order valence-corrected chi connectivity index (χ0v) is 25.4. The van der Waals surface area contributed by atoms with Crippen molar-refractivity contribution in [2.75, 3.05) is 19.8 Å². The average molecular weight is 615 g/mol. The van der Waals surface area contributed by atoms with E-state index in [4.69, 9.17) is 8.92 Å². The van der Waals surface area contributed by atoms with Gasteiger partial charge in [-0.25, -0.2) is 4.39 Å². The molecule has 44 heavy (non-hydrogen) atoms. The van der Waals surface area contributed by atoms with E-state index in [9.17, 15) is 17.9 Å². The molecule has 2 fully saturated rings. The van der Waals surface area contributed by atoms with Crippen molar-refractivity contribution in [2.45, 2.75) is 73.6 Å². The third kappa shape index (κ3) is 3.46. The molecular weight excluding hydrogens is 579 g/mol. The maximum Gasteiger partial charge on any atom is 0.339 e. The summed E-state index contributed by atoms with van der Waals surface area (Å²) in [5.41, 5.74) is 3.72. The summed E-state index contributed by atoms with van der Waals surface area (Å²) in [7, 11) is -4.15. The maximum atomic E-state index is 14.1. The van der Waals surface area contributed by atoms with E-state index in [0.717, 1.165) is 51.9 Å². The minimum Gasteiger partial charge on any atom is -0.479 e. The lowest BCUT2D eigenvalue weighted by Crippen LogP contribution is -2.74. The first-order chi connectivity index (χ1) is 21.2. The predicted molar refractivity (Wildman–Crippen MR) is 163 cm³/mol. The SMILES string of the molecule is Cc1ccc(S(=O)(=O)Oc2ccc3c4c2O[C@H]2c5c(c6ccccc6n5CCF)C[C@@]5(O)[C@@H](C3)N(CC3CC3)CC[C@]425)cc1. The summed E-state index contributed by atoms with van der Waals surface area (Å²) in [4.78, 5) is 2.57. The Labute approximate surface area is 256 Å². The number of likely N-dealkylation sites (tertiary alicyclic amines) is 1. The molecule has 0 radical (unpaired) electrons. The lowest BCUT2D eigenvalue weighted by Gasteiger charge is -2.63. The number of aryl methyl sites for hydroxylation is 2. The van der Waals surface area contributed by atoms with Crippen LogP contribution in [0.4, 0.5) is 4.39 Å². The number of aliphatic hydroxyl groups is 1. The van der Waals surface area contributed by atoms with Crippen molar-refractivity contribution in [1.82, 2.24) is 9.47 Å². The first-order valence-corrected chi connectivity index (χ1v) is 17.1. The van der Waals surface area contributed by atoms with Crippen LogP contribution in [-0.4, -0.2) is 54.4 Å². The zero-order chi connectivity index (χ0) is 30.0. The third-order valence-electron chi connectivity index (χ3n) is 11.1. The number of halogens is 1. The Morgan fingerprint density at radius 2 is 1.89 bits per heavy atom. The van der Waals surface area contributed by atoms with E-state index in [0.29, 0.717) is 30.9 Å². The van der Waals surface area contributed by atoms with Crippen LogP contribution in [0.25, 0.3) is 10.9 Å². The number of hydrogen-bond donors (Lipinski definition) is 1. The second kappa shape index (κ2) is 9.08. The number of hydrogen-bond acceptors (Lipinski definition) is 6. The highest BCUT2D eigenvalue weighted by Crippen LogP contribution is 2.69. The van der Waals surface area contributed by atoms with Gasteiger partial charge in [0.15, 0.2) is 17.6 Å². The van der Waals surface area contributed by atoms with Crippen LogP contribution in [0.15, 0.2) is 65.6 Å². The molecule has 2 bridgehead atoms. The highest BCUT2D eigenvalue weighted by molar-refractivity contribution is 7.87. The molecule has 3 heterocycles. The Hall–Kier alpha value is -3.40. The van der Waals surface area contributed by atoms with Gasteiger partial charge in [-0.05, 0) is 80.5 Å². The van der Waals surface area contributed by atoms with Crippen molar-refractivity contribution in [2.24, 2.45) is 5.92 Å². The fourth-order valence-corrected chi connectivity index (χ4v) is 9.99. The molecule has 9 heteroatoms. The Bertz CT molecular complexity index is 1950. The van der Waals surface area contributed by atoms with Gasteiger partial charge in [-0.2, -0.15) is 8.42 Å². The van der Waals surface area contributed by atoms with E-state index in [1.807, 2.05) is 35.8 Å². The molecule has 4 atom stereocenters. The van der Waals surface area contributed by atoms with Crippen LogP contribution in [0.3, 0.4) is 0 Å². The standard InChI is InChI=1S/C35H35FN2O5S/c1-21-6-11-24(12-7-21)44(40,41)43-28-13-10-23-18-29-35(39)19-26-25-4-2-3-5-27(25)38(17-15-36)31(26)33-34(35,30(23)32(28)42-33)14-16-37(29)20-22-8-9-22/h2-7,10-13,22,29,33,39H,8-9,14-20H2,1H3/t29-,33+,34+,35-/m1/s1. The largest absolute Gasteiger partial charge is 0.479 e. The fraction of sp³-hybridized carbons (Fsp3) is 0.429. The smallest absolute Gasteiger partial charge is 0.339 e. The van der Waals surface area contributed by atoms with Crippen LogP contribution < -0.4 is 8.92 Å². The number of alkyl halides is 1. The number of fused-ring (bicyclic) bond motifs is 4. The first-order valence-electron chi connectivity index (χ1n) is 15.7. The highest BCUT2D eigenvalue weighted by atomic mass is 32.2. The topological polar surface area (TPSA) is 81.0 Å². The van der Waals surface area contributed by atoms with Gasteiger partial charge in [-0.15, -0.1) is 0 Å². The number of benzene rings is 3. The van der Waals surface area contributed by atoms with Crippen LogP contribution in [0.2, 0.25) is 0 Å². The van der Waals surface area contributed by atoms with Gasteiger partial charge < -0.3 is 18.6 Å². The average Bonchev–Trinajstić information content (AvgIpc) is 3.68. The number of piperidine rings is 1. The highest BCUT2D eigenvalue weighted by Gasteiger charge is 2.73. The molecule has 3 aromatic carbocycles. The summed E-state index contributed by atoms with van der Waals surface area (Å²) in [6, 6.07) is 18.1. The van der Waals surface area contributed by atoms with E-state index in [1.54, 1.807) is 30.3 Å². The van der Waals surface area contributed by atoms with Crippen LogP contribution in [0.1, 0.15) is 53.3 Å². The van der Waals surface area contributed by atoms with Crippen LogP contribution in [-0.2, 0) is 34.9 Å². The van der Waals surface area contributed by atoms with Gasteiger partial charge in [-0.3, -0.25) is 4.90 Å². The number of rotatable bonds is 7. The summed E-state index contributed by atoms with van der Waals surface area (Å²) in [5, 5.41) is 14.2. The molecule has 0 unspecified atom stereocenters. The quantitative estimate of drug-likeness (QED) is 0.282. The van der Waals surface area contributed by atoms with E-state index < -0.39 is 33.9 Å². The van der Waals surface area contributed by atoms with Gasteiger partial charge in [0.25, 0.3) is 0 Å². The molecule has 1 spiro atoms. The van der Waals surface area contributed by atoms with Crippen molar-refractivity contribution in [1.29, 1.82) is 0 Å². The summed E-state index contributed by atoms with van der Waals surface area (Å²) >= 11 is 0. The molecule has 3 aliphatic carbocycles. The number of nitrogens with zero attached hydrogens (tertiary/aromatic N) is 2. The van der Waals surface area contributed by atoms with Crippen LogP contribution in [0, 0.1) is 12.8 Å². The van der Waals surface area contributed by atoms with Crippen molar-refractivity contribution in [3.8, 4) is 11.5 Å². The molecule has 1 N–H and O–H groups in total. The summed E-state index contributed by atoms with van der Waals surface area (Å²) < 4.78 is 56.0. The Morgan fingerprint density at radius 3 is 2.66 bits per heavy atom. The maximum absolute atomic E-state index is 14.1. The summed E-state index contributed by atoms with van der Waals surface area (Å²) in [6.45, 7) is 3.33. The van der Waals surface area contributed by atoms with Gasteiger partial charge in [0.05, 0.1) is 23.3 Å². The minimum atomic E-state index is -4.15. The monoisotopic (exact) mass is 614 g/mol. The predicted octanol–water partition coefficient (Wildman–Crippen LogP) is 5.39. The van der Waals surface area contributed by atoms with E-state index in [1.165, 1.54) is 12.8 Å². The fourth-order valence-electron chi connectivity index (χ4n) is 9.06. The third-order valence-corrected chi connectivity index (χ3v) is 12.4. The van der Waals surface area contributed by atoms with Crippen molar-refractivity contribution >= 4 is 21.0 Å². The second-order valence-corrected chi connectivity index (χ2v) is 15.0.